The summed E-state index contributed by atoms with van der Waals surface area (Å²) in [5.74, 6) is 0. The predicted molar refractivity (Wildman–Crippen MR) is 58.2 cm³/mol. The van der Waals surface area contributed by atoms with Crippen molar-refractivity contribution in [2.45, 2.75) is 58.6 Å². The second-order valence-electron chi connectivity index (χ2n) is 6.29. The Morgan fingerprint density at radius 3 is 2.50 bits per heavy atom. The first kappa shape index (κ1) is 10.4. The quantitative estimate of drug-likeness (QED) is 0.622. The van der Waals surface area contributed by atoms with Gasteiger partial charge in [-0.25, -0.2) is 0 Å². The third-order valence-electron chi connectivity index (χ3n) is 3.99. The molecule has 1 saturated carbocycles. The molecule has 14 heavy (non-hydrogen) atoms. The minimum absolute atomic E-state index is 0.0456. The van der Waals surface area contributed by atoms with Crippen LogP contribution in [-0.4, -0.2) is 23.8 Å². The molecule has 0 aromatic carbocycles. The highest BCUT2D eigenvalue weighted by Crippen LogP contribution is 2.49. The van der Waals surface area contributed by atoms with Crippen LogP contribution < -0.4 is 5.32 Å². The number of aliphatic hydroxyl groups excluding tert-OH is 1. The third-order valence-corrected chi connectivity index (χ3v) is 3.99. The second-order valence-corrected chi connectivity index (χ2v) is 6.29. The zero-order valence-corrected chi connectivity index (χ0v) is 9.64. The smallest absolute Gasteiger partial charge is 0.0546 e. The van der Waals surface area contributed by atoms with Gasteiger partial charge >= 0.3 is 0 Å². The molecule has 1 aliphatic carbocycles. The maximum Gasteiger partial charge on any atom is 0.0546 e. The van der Waals surface area contributed by atoms with Crippen molar-refractivity contribution in [3.05, 3.63) is 0 Å². The van der Waals surface area contributed by atoms with Crippen LogP contribution in [0, 0.1) is 10.8 Å². The molecule has 1 saturated heterocycles. The average molecular weight is 197 g/mol. The van der Waals surface area contributed by atoms with E-state index >= 15 is 0 Å². The van der Waals surface area contributed by atoms with E-state index in [0.29, 0.717) is 16.9 Å². The van der Waals surface area contributed by atoms with Crippen LogP contribution in [0.25, 0.3) is 0 Å². The van der Waals surface area contributed by atoms with E-state index < -0.39 is 0 Å². The molecule has 1 aliphatic heterocycles. The summed E-state index contributed by atoms with van der Waals surface area (Å²) in [6.07, 6.45) is 4.49. The van der Waals surface area contributed by atoms with Gasteiger partial charge in [-0.2, -0.15) is 0 Å². The maximum atomic E-state index is 9.77. The summed E-state index contributed by atoms with van der Waals surface area (Å²) in [6.45, 7) is 8.01. The van der Waals surface area contributed by atoms with Gasteiger partial charge in [0.15, 0.2) is 0 Å². The van der Waals surface area contributed by atoms with Gasteiger partial charge in [0.2, 0.25) is 0 Å². The summed E-state index contributed by atoms with van der Waals surface area (Å²) in [7, 11) is 0. The van der Waals surface area contributed by atoms with Gasteiger partial charge in [-0.15, -0.1) is 0 Å². The van der Waals surface area contributed by atoms with E-state index in [2.05, 4.69) is 26.1 Å². The minimum Gasteiger partial charge on any atom is -0.393 e. The second kappa shape index (κ2) is 3.21. The molecule has 0 bridgehead atoms. The van der Waals surface area contributed by atoms with E-state index in [1.165, 1.54) is 12.8 Å². The summed E-state index contributed by atoms with van der Waals surface area (Å²) < 4.78 is 0. The third kappa shape index (κ3) is 1.59. The van der Waals surface area contributed by atoms with Crippen molar-refractivity contribution in [1.82, 2.24) is 5.32 Å². The van der Waals surface area contributed by atoms with Gasteiger partial charge in [0.25, 0.3) is 0 Å². The highest BCUT2D eigenvalue weighted by molar-refractivity contribution is 5.08. The Kier molecular flexibility index (Phi) is 2.39. The van der Waals surface area contributed by atoms with Crippen molar-refractivity contribution in [2.75, 3.05) is 6.54 Å². The van der Waals surface area contributed by atoms with E-state index in [1.807, 2.05) is 0 Å². The van der Waals surface area contributed by atoms with E-state index in [1.54, 1.807) is 0 Å². The SMILES string of the molecule is CC(C)(C)C1NCC12CCCC(O)C2. The topological polar surface area (TPSA) is 32.3 Å². The van der Waals surface area contributed by atoms with Gasteiger partial charge < -0.3 is 10.4 Å². The van der Waals surface area contributed by atoms with Crippen LogP contribution in [0.1, 0.15) is 46.5 Å². The molecule has 0 amide bonds. The van der Waals surface area contributed by atoms with Gasteiger partial charge in [0, 0.05) is 18.0 Å². The molecule has 0 aromatic rings. The molecular formula is C12H23NO. The molecule has 3 unspecified atom stereocenters. The van der Waals surface area contributed by atoms with Crippen LogP contribution in [0.15, 0.2) is 0 Å². The molecule has 2 rings (SSSR count). The molecular weight excluding hydrogens is 174 g/mol. The standard InChI is InChI=1S/C12H23NO/c1-11(2,3)10-12(8-13-10)6-4-5-9(14)7-12/h9-10,13-14H,4-8H2,1-3H3. The lowest BCUT2D eigenvalue weighted by molar-refractivity contribution is -0.0632. The Labute approximate surface area is 87.1 Å². The number of nitrogens with one attached hydrogen (secondary N) is 1. The van der Waals surface area contributed by atoms with Gasteiger partial charge in [-0.3, -0.25) is 0 Å². The fraction of sp³-hybridized carbons (Fsp3) is 1.00. The molecule has 2 N–H and O–H groups in total. The van der Waals surface area contributed by atoms with Gasteiger partial charge in [0.05, 0.1) is 6.10 Å². The highest BCUT2D eigenvalue weighted by Gasteiger charge is 2.52. The van der Waals surface area contributed by atoms with Crippen molar-refractivity contribution < 1.29 is 5.11 Å². The van der Waals surface area contributed by atoms with Gasteiger partial charge in [-0.1, -0.05) is 27.2 Å². The largest absolute Gasteiger partial charge is 0.393 e. The zero-order valence-electron chi connectivity index (χ0n) is 9.64. The first-order valence-corrected chi connectivity index (χ1v) is 5.85. The molecule has 1 heterocycles. The van der Waals surface area contributed by atoms with Crippen molar-refractivity contribution in [3.8, 4) is 0 Å². The van der Waals surface area contributed by atoms with Crippen molar-refractivity contribution in [3.63, 3.8) is 0 Å². The van der Waals surface area contributed by atoms with E-state index in [0.717, 1.165) is 19.4 Å². The van der Waals surface area contributed by atoms with E-state index in [4.69, 9.17) is 0 Å². The summed E-state index contributed by atoms with van der Waals surface area (Å²) in [4.78, 5) is 0. The molecule has 0 radical (unpaired) electrons. The molecule has 2 fully saturated rings. The van der Waals surface area contributed by atoms with Crippen molar-refractivity contribution in [1.29, 1.82) is 0 Å². The molecule has 2 nitrogen and oxygen atoms in total. The summed E-state index contributed by atoms with van der Waals surface area (Å²) in [6, 6.07) is 0.602. The fourth-order valence-electron chi connectivity index (χ4n) is 3.50. The van der Waals surface area contributed by atoms with Crippen molar-refractivity contribution >= 4 is 0 Å². The summed E-state index contributed by atoms with van der Waals surface area (Å²) in [5, 5.41) is 13.3. The van der Waals surface area contributed by atoms with Crippen molar-refractivity contribution in [2.24, 2.45) is 10.8 Å². The minimum atomic E-state index is -0.0456. The Morgan fingerprint density at radius 2 is 2.07 bits per heavy atom. The van der Waals surface area contributed by atoms with Gasteiger partial charge in [0.1, 0.15) is 0 Å². The molecule has 3 atom stereocenters. The molecule has 2 aliphatic rings. The highest BCUT2D eigenvalue weighted by atomic mass is 16.3. The number of hydrogen-bond acceptors (Lipinski definition) is 2. The van der Waals surface area contributed by atoms with E-state index in [9.17, 15) is 5.11 Å². The Morgan fingerprint density at radius 1 is 1.36 bits per heavy atom. The predicted octanol–water partition coefficient (Wildman–Crippen LogP) is 1.93. The maximum absolute atomic E-state index is 9.77. The Bertz CT molecular complexity index is 221. The van der Waals surface area contributed by atoms with Gasteiger partial charge in [-0.05, 0) is 24.7 Å². The number of hydrogen-bond donors (Lipinski definition) is 2. The lowest BCUT2D eigenvalue weighted by Crippen LogP contribution is -2.68. The lowest BCUT2D eigenvalue weighted by atomic mass is 9.57. The monoisotopic (exact) mass is 197 g/mol. The Balaban J connectivity index is 2.09. The first-order chi connectivity index (χ1) is 6.44. The summed E-state index contributed by atoms with van der Waals surface area (Å²) >= 11 is 0. The van der Waals surface area contributed by atoms with Crippen LogP contribution in [0.2, 0.25) is 0 Å². The summed E-state index contributed by atoms with van der Waals surface area (Å²) in [5.41, 5.74) is 0.741. The van der Waals surface area contributed by atoms with Crippen LogP contribution in [-0.2, 0) is 0 Å². The average Bonchev–Trinajstić information content (AvgIpc) is 1.99. The van der Waals surface area contributed by atoms with Crippen LogP contribution in [0.4, 0.5) is 0 Å². The number of aliphatic hydroxyl groups is 1. The van der Waals surface area contributed by atoms with E-state index in [-0.39, 0.29) is 6.10 Å². The molecule has 0 aromatic heterocycles. The molecule has 1 spiro atoms. The van der Waals surface area contributed by atoms with Crippen LogP contribution in [0.5, 0.6) is 0 Å². The normalized spacial score (nSPS) is 43.7. The Hall–Kier alpha value is -0.0800. The van der Waals surface area contributed by atoms with Crippen LogP contribution in [0.3, 0.4) is 0 Å². The first-order valence-electron chi connectivity index (χ1n) is 5.85. The zero-order chi connectivity index (χ0) is 10.4. The number of rotatable bonds is 0. The van der Waals surface area contributed by atoms with Crippen LogP contribution >= 0.6 is 0 Å². The lowest BCUT2D eigenvalue weighted by Gasteiger charge is -2.58. The molecule has 82 valence electrons. The molecule has 2 heteroatoms. The fourth-order valence-corrected chi connectivity index (χ4v) is 3.50.